The molecule has 0 aliphatic heterocycles. The lowest BCUT2D eigenvalue weighted by Gasteiger charge is -2.10. The summed E-state index contributed by atoms with van der Waals surface area (Å²) in [6.07, 6.45) is 2.59. The Balaban J connectivity index is 2.25. The number of carbonyl (C=O) groups excluding carboxylic acids is 1. The fraction of sp³-hybridized carbons (Fsp3) is 0.500. The van der Waals surface area contributed by atoms with Gasteiger partial charge in [-0.05, 0) is 31.2 Å². The number of benzene rings is 1. The van der Waals surface area contributed by atoms with Crippen molar-refractivity contribution in [3.8, 4) is 0 Å². The summed E-state index contributed by atoms with van der Waals surface area (Å²) in [5.41, 5.74) is 1.33. The van der Waals surface area contributed by atoms with E-state index >= 15 is 0 Å². The van der Waals surface area contributed by atoms with Gasteiger partial charge in [-0.1, -0.05) is 37.3 Å². The number of hydrogen-bond acceptors (Lipinski definition) is 2. The molecule has 88 valence electrons. The van der Waals surface area contributed by atoms with Crippen molar-refractivity contribution in [3.05, 3.63) is 35.9 Å². The number of aryl methyl sites for hydroxylation is 1. The van der Waals surface area contributed by atoms with E-state index in [1.807, 2.05) is 25.1 Å². The number of carbonyl (C=O) groups is 1. The normalized spacial score (nSPS) is 12.1. The molecule has 0 N–H and O–H groups in total. The number of ether oxygens (including phenoxy) is 1. The van der Waals surface area contributed by atoms with Crippen molar-refractivity contribution < 1.29 is 9.53 Å². The van der Waals surface area contributed by atoms with Crippen LogP contribution in [-0.2, 0) is 16.0 Å². The van der Waals surface area contributed by atoms with Crippen molar-refractivity contribution in [2.24, 2.45) is 5.92 Å². The molecule has 1 atom stereocenters. The molecule has 0 radical (unpaired) electrons. The molecule has 1 aromatic rings. The zero-order valence-corrected chi connectivity index (χ0v) is 10.1. The third-order valence-electron chi connectivity index (χ3n) is 2.59. The average molecular weight is 220 g/mol. The first kappa shape index (κ1) is 12.8. The monoisotopic (exact) mass is 220 g/mol. The summed E-state index contributed by atoms with van der Waals surface area (Å²) in [4.78, 5) is 11.2. The molecule has 0 saturated heterocycles. The van der Waals surface area contributed by atoms with Gasteiger partial charge in [0.05, 0.1) is 6.61 Å². The Hall–Kier alpha value is -1.31. The maximum atomic E-state index is 11.2. The SMILES string of the molecule is CCOC(=O)C[C@H](C)CCc1ccccc1. The molecule has 0 spiro atoms. The third-order valence-corrected chi connectivity index (χ3v) is 2.59. The van der Waals surface area contributed by atoms with Gasteiger partial charge in [0.15, 0.2) is 0 Å². The van der Waals surface area contributed by atoms with Gasteiger partial charge in [-0.2, -0.15) is 0 Å². The maximum Gasteiger partial charge on any atom is 0.306 e. The van der Waals surface area contributed by atoms with Crippen LogP contribution in [0.4, 0.5) is 0 Å². The standard InChI is InChI=1S/C14H20O2/c1-3-16-14(15)11-12(2)9-10-13-7-5-4-6-8-13/h4-8,12H,3,9-11H2,1-2H3/t12-/m1/s1. The van der Waals surface area contributed by atoms with Crippen molar-refractivity contribution in [1.82, 2.24) is 0 Å². The first-order valence-corrected chi connectivity index (χ1v) is 5.92. The molecular weight excluding hydrogens is 200 g/mol. The second-order valence-corrected chi connectivity index (χ2v) is 4.14. The zero-order valence-electron chi connectivity index (χ0n) is 10.1. The van der Waals surface area contributed by atoms with E-state index in [9.17, 15) is 4.79 Å². The summed E-state index contributed by atoms with van der Waals surface area (Å²) in [5.74, 6) is 0.308. The summed E-state index contributed by atoms with van der Waals surface area (Å²) < 4.78 is 4.93. The molecule has 16 heavy (non-hydrogen) atoms. The average Bonchev–Trinajstić information content (AvgIpc) is 2.28. The van der Waals surface area contributed by atoms with Gasteiger partial charge in [0.2, 0.25) is 0 Å². The Kier molecular flexibility index (Phi) is 5.62. The molecule has 0 aromatic heterocycles. The molecule has 2 nitrogen and oxygen atoms in total. The first-order valence-electron chi connectivity index (χ1n) is 5.92. The number of rotatable bonds is 6. The lowest BCUT2D eigenvalue weighted by molar-refractivity contribution is -0.144. The Morgan fingerprint density at radius 2 is 2.00 bits per heavy atom. The predicted octanol–water partition coefficient (Wildman–Crippen LogP) is 3.21. The molecule has 0 aliphatic carbocycles. The van der Waals surface area contributed by atoms with Crippen LogP contribution in [0.2, 0.25) is 0 Å². The van der Waals surface area contributed by atoms with E-state index in [1.54, 1.807) is 0 Å². The second kappa shape index (κ2) is 7.04. The number of esters is 1. The fourth-order valence-electron chi connectivity index (χ4n) is 1.66. The smallest absolute Gasteiger partial charge is 0.306 e. The maximum absolute atomic E-state index is 11.2. The topological polar surface area (TPSA) is 26.3 Å². The highest BCUT2D eigenvalue weighted by Gasteiger charge is 2.09. The molecule has 2 heteroatoms. The van der Waals surface area contributed by atoms with Gasteiger partial charge in [-0.15, -0.1) is 0 Å². The van der Waals surface area contributed by atoms with Gasteiger partial charge in [0.25, 0.3) is 0 Å². The van der Waals surface area contributed by atoms with Gasteiger partial charge in [0, 0.05) is 6.42 Å². The highest BCUT2D eigenvalue weighted by molar-refractivity contribution is 5.69. The van der Waals surface area contributed by atoms with E-state index in [2.05, 4.69) is 19.1 Å². The molecule has 0 unspecified atom stereocenters. The van der Waals surface area contributed by atoms with Crippen molar-refractivity contribution in [3.63, 3.8) is 0 Å². The van der Waals surface area contributed by atoms with Gasteiger partial charge in [-0.3, -0.25) is 4.79 Å². The summed E-state index contributed by atoms with van der Waals surface area (Å²) in [7, 11) is 0. The van der Waals surface area contributed by atoms with Crippen molar-refractivity contribution in [1.29, 1.82) is 0 Å². The van der Waals surface area contributed by atoms with Crippen LogP contribution in [0, 0.1) is 5.92 Å². The third kappa shape index (κ3) is 4.96. The van der Waals surface area contributed by atoms with Gasteiger partial charge >= 0.3 is 5.97 Å². The predicted molar refractivity (Wildman–Crippen MR) is 65.2 cm³/mol. The zero-order chi connectivity index (χ0) is 11.8. The van der Waals surface area contributed by atoms with Crippen LogP contribution in [-0.4, -0.2) is 12.6 Å². The summed E-state index contributed by atoms with van der Waals surface area (Å²) in [6.45, 7) is 4.41. The summed E-state index contributed by atoms with van der Waals surface area (Å²) in [6, 6.07) is 10.4. The van der Waals surface area contributed by atoms with Crippen LogP contribution in [0.5, 0.6) is 0 Å². The molecule has 0 aliphatic rings. The molecule has 0 heterocycles. The molecule has 0 saturated carbocycles. The summed E-state index contributed by atoms with van der Waals surface area (Å²) >= 11 is 0. The molecule has 0 fully saturated rings. The summed E-state index contributed by atoms with van der Waals surface area (Å²) in [5, 5.41) is 0. The van der Waals surface area contributed by atoms with Crippen molar-refractivity contribution in [2.45, 2.75) is 33.1 Å². The van der Waals surface area contributed by atoms with Crippen LogP contribution in [0.3, 0.4) is 0 Å². The molecular formula is C14H20O2. The fourth-order valence-corrected chi connectivity index (χ4v) is 1.66. The van der Waals surface area contributed by atoms with E-state index in [1.165, 1.54) is 5.56 Å². The van der Waals surface area contributed by atoms with Gasteiger partial charge < -0.3 is 4.74 Å². The Morgan fingerprint density at radius 3 is 2.62 bits per heavy atom. The Labute approximate surface area is 97.6 Å². The Bertz CT molecular complexity index is 306. The van der Waals surface area contributed by atoms with Crippen LogP contribution in [0.1, 0.15) is 32.3 Å². The van der Waals surface area contributed by atoms with Gasteiger partial charge in [-0.25, -0.2) is 0 Å². The second-order valence-electron chi connectivity index (χ2n) is 4.14. The van der Waals surface area contributed by atoms with Crippen LogP contribution in [0.15, 0.2) is 30.3 Å². The van der Waals surface area contributed by atoms with Crippen molar-refractivity contribution in [2.75, 3.05) is 6.61 Å². The van der Waals surface area contributed by atoms with Crippen LogP contribution in [0.25, 0.3) is 0 Å². The Morgan fingerprint density at radius 1 is 1.31 bits per heavy atom. The van der Waals surface area contributed by atoms with E-state index in [-0.39, 0.29) is 5.97 Å². The highest BCUT2D eigenvalue weighted by Crippen LogP contribution is 2.13. The lowest BCUT2D eigenvalue weighted by atomic mass is 9.98. The quantitative estimate of drug-likeness (QED) is 0.688. The first-order chi connectivity index (χ1) is 7.72. The van der Waals surface area contributed by atoms with Gasteiger partial charge in [0.1, 0.15) is 0 Å². The molecule has 0 bridgehead atoms. The van der Waals surface area contributed by atoms with Crippen LogP contribution < -0.4 is 0 Å². The van der Waals surface area contributed by atoms with Crippen LogP contribution >= 0.6 is 0 Å². The highest BCUT2D eigenvalue weighted by atomic mass is 16.5. The van der Waals surface area contributed by atoms with E-state index in [0.29, 0.717) is 18.9 Å². The lowest BCUT2D eigenvalue weighted by Crippen LogP contribution is -2.10. The van der Waals surface area contributed by atoms with Crippen molar-refractivity contribution >= 4 is 5.97 Å². The number of hydrogen-bond donors (Lipinski definition) is 0. The molecule has 1 rings (SSSR count). The van der Waals surface area contributed by atoms with E-state index < -0.39 is 0 Å². The minimum atomic E-state index is -0.0805. The van der Waals surface area contributed by atoms with E-state index in [0.717, 1.165) is 12.8 Å². The minimum Gasteiger partial charge on any atom is -0.466 e. The minimum absolute atomic E-state index is 0.0805. The van der Waals surface area contributed by atoms with E-state index in [4.69, 9.17) is 4.74 Å². The molecule has 1 aromatic carbocycles. The molecule has 0 amide bonds. The largest absolute Gasteiger partial charge is 0.466 e.